The first-order valence-corrected chi connectivity index (χ1v) is 7.26. The Labute approximate surface area is 99.4 Å². The predicted octanol–water partition coefficient (Wildman–Crippen LogP) is 2.84. The molecule has 0 unspecified atom stereocenters. The summed E-state index contributed by atoms with van der Waals surface area (Å²) in [6.07, 6.45) is 8.16. The summed E-state index contributed by atoms with van der Waals surface area (Å²) in [7, 11) is 0. The van der Waals surface area contributed by atoms with Crippen LogP contribution in [-0.4, -0.2) is 3.96 Å². The van der Waals surface area contributed by atoms with E-state index in [-0.39, 0.29) is 11.1 Å². The van der Waals surface area contributed by atoms with Gasteiger partial charge in [-0.05, 0) is 56.3 Å². The van der Waals surface area contributed by atoms with Crippen molar-refractivity contribution in [3.63, 3.8) is 0 Å². The van der Waals surface area contributed by atoms with Gasteiger partial charge in [-0.2, -0.15) is 0 Å². The second kappa shape index (κ2) is 3.00. The molecule has 5 rings (SSSR count). The minimum absolute atomic E-state index is 0.236. The minimum Gasteiger partial charge on any atom is -0.268 e. The number of hydrogen-bond donors (Lipinski definition) is 0. The van der Waals surface area contributed by atoms with E-state index in [0.717, 1.165) is 17.8 Å². The van der Waals surface area contributed by atoms with Gasteiger partial charge in [0, 0.05) is 11.4 Å². The second-order valence-corrected chi connectivity index (χ2v) is 7.03. The van der Waals surface area contributed by atoms with Crippen molar-refractivity contribution in [3.8, 4) is 0 Å². The summed E-state index contributed by atoms with van der Waals surface area (Å²) in [6, 6.07) is 1.74. The molecule has 3 heteroatoms. The Morgan fingerprint density at radius 2 is 1.69 bits per heavy atom. The molecule has 1 aromatic rings. The summed E-state index contributed by atoms with van der Waals surface area (Å²) in [6.45, 7) is 0. The van der Waals surface area contributed by atoms with Gasteiger partial charge in [-0.25, -0.2) is 0 Å². The van der Waals surface area contributed by atoms with E-state index in [4.69, 9.17) is 0 Å². The quantitative estimate of drug-likeness (QED) is 0.733. The highest BCUT2D eigenvalue weighted by molar-refractivity contribution is 7.04. The number of hydrogen-bond acceptors (Lipinski definition) is 2. The number of aromatic nitrogens is 1. The average Bonchev–Trinajstić information content (AvgIpc) is 2.62. The smallest absolute Gasteiger partial charge is 0.261 e. The molecule has 4 saturated carbocycles. The molecule has 0 spiro atoms. The maximum Gasteiger partial charge on any atom is 0.261 e. The van der Waals surface area contributed by atoms with Crippen LogP contribution in [0.5, 0.6) is 0 Å². The van der Waals surface area contributed by atoms with Gasteiger partial charge in [-0.1, -0.05) is 11.5 Å². The Balaban J connectivity index is 1.82. The molecule has 0 amide bonds. The van der Waals surface area contributed by atoms with Crippen LogP contribution in [0.4, 0.5) is 0 Å². The monoisotopic (exact) mass is 235 g/mol. The fourth-order valence-electron chi connectivity index (χ4n) is 4.93. The molecular formula is C13H17NOS. The standard InChI is InChI=1S/C13H17NOS/c15-12-1-2-16-14(12)13-6-9-3-10(7-13)5-11(4-9)8-13/h1-2,9-11H,3-8H2. The van der Waals surface area contributed by atoms with Gasteiger partial charge in [0.05, 0.1) is 5.54 Å². The lowest BCUT2D eigenvalue weighted by atomic mass is 9.53. The molecule has 0 aromatic carbocycles. The van der Waals surface area contributed by atoms with Gasteiger partial charge >= 0.3 is 0 Å². The van der Waals surface area contributed by atoms with Crippen LogP contribution in [0.25, 0.3) is 0 Å². The highest BCUT2D eigenvalue weighted by Gasteiger charge is 2.52. The lowest BCUT2D eigenvalue weighted by molar-refractivity contribution is -0.0389. The molecule has 4 aliphatic rings. The molecule has 16 heavy (non-hydrogen) atoms. The molecule has 2 nitrogen and oxygen atoms in total. The largest absolute Gasteiger partial charge is 0.268 e. The fourth-order valence-corrected chi connectivity index (χ4v) is 5.84. The molecule has 1 aromatic heterocycles. The van der Waals surface area contributed by atoms with E-state index < -0.39 is 0 Å². The lowest BCUT2D eigenvalue weighted by Gasteiger charge is -2.56. The van der Waals surface area contributed by atoms with E-state index in [1.165, 1.54) is 38.5 Å². The van der Waals surface area contributed by atoms with E-state index in [1.54, 1.807) is 17.6 Å². The summed E-state index contributed by atoms with van der Waals surface area (Å²) < 4.78 is 2.11. The van der Waals surface area contributed by atoms with Gasteiger partial charge in [0.1, 0.15) is 0 Å². The average molecular weight is 235 g/mol. The fraction of sp³-hybridized carbons (Fsp3) is 0.769. The highest BCUT2D eigenvalue weighted by atomic mass is 32.1. The third-order valence-electron chi connectivity index (χ3n) is 5.01. The van der Waals surface area contributed by atoms with Crippen LogP contribution in [0.15, 0.2) is 16.2 Å². The van der Waals surface area contributed by atoms with E-state index in [1.807, 2.05) is 5.38 Å². The predicted molar refractivity (Wildman–Crippen MR) is 64.7 cm³/mol. The maximum atomic E-state index is 11.9. The zero-order valence-corrected chi connectivity index (χ0v) is 10.2. The molecule has 0 saturated heterocycles. The zero-order valence-electron chi connectivity index (χ0n) is 9.39. The number of nitrogens with zero attached hydrogens (tertiary/aromatic N) is 1. The van der Waals surface area contributed by atoms with Gasteiger partial charge < -0.3 is 0 Å². The van der Waals surface area contributed by atoms with Crippen molar-refractivity contribution in [3.05, 3.63) is 21.8 Å². The van der Waals surface area contributed by atoms with Crippen LogP contribution < -0.4 is 5.56 Å². The lowest BCUT2D eigenvalue weighted by Crippen LogP contribution is -2.53. The number of rotatable bonds is 1. The van der Waals surface area contributed by atoms with Crippen LogP contribution >= 0.6 is 11.5 Å². The third kappa shape index (κ3) is 1.15. The van der Waals surface area contributed by atoms with Gasteiger partial charge in [0.15, 0.2) is 0 Å². The van der Waals surface area contributed by atoms with E-state index >= 15 is 0 Å². The van der Waals surface area contributed by atoms with Crippen molar-refractivity contribution in [1.29, 1.82) is 0 Å². The summed E-state index contributed by atoms with van der Waals surface area (Å²) in [5, 5.41) is 1.96. The minimum atomic E-state index is 0.236. The Kier molecular flexibility index (Phi) is 1.78. The molecule has 86 valence electrons. The molecule has 0 radical (unpaired) electrons. The Hall–Kier alpha value is -0.570. The first-order chi connectivity index (χ1) is 7.75. The van der Waals surface area contributed by atoms with Gasteiger partial charge in [0.2, 0.25) is 0 Å². The molecule has 4 aliphatic carbocycles. The molecular weight excluding hydrogens is 218 g/mol. The van der Waals surface area contributed by atoms with Gasteiger partial charge in [-0.15, -0.1) is 0 Å². The van der Waals surface area contributed by atoms with Crippen LogP contribution in [-0.2, 0) is 5.54 Å². The first kappa shape index (κ1) is 9.46. The van der Waals surface area contributed by atoms with Crippen molar-refractivity contribution in [2.24, 2.45) is 17.8 Å². The van der Waals surface area contributed by atoms with E-state index in [2.05, 4.69) is 3.96 Å². The van der Waals surface area contributed by atoms with E-state index in [9.17, 15) is 4.79 Å². The molecule has 0 N–H and O–H groups in total. The summed E-state index contributed by atoms with van der Waals surface area (Å²) >= 11 is 1.64. The second-order valence-electron chi connectivity index (χ2n) is 6.18. The van der Waals surface area contributed by atoms with Crippen molar-refractivity contribution in [1.82, 2.24) is 3.96 Å². The van der Waals surface area contributed by atoms with Crippen LogP contribution in [0.3, 0.4) is 0 Å². The molecule has 0 atom stereocenters. The maximum absolute atomic E-state index is 11.9. The normalized spacial score (nSPS) is 45.1. The summed E-state index contributed by atoms with van der Waals surface area (Å²) in [5.74, 6) is 2.75. The topological polar surface area (TPSA) is 22.0 Å². The Bertz CT molecular complexity index is 437. The Morgan fingerprint density at radius 3 is 2.12 bits per heavy atom. The van der Waals surface area contributed by atoms with Crippen LogP contribution in [0.1, 0.15) is 38.5 Å². The molecule has 4 fully saturated rings. The van der Waals surface area contributed by atoms with Crippen molar-refractivity contribution >= 4 is 11.5 Å². The molecule has 4 bridgehead atoms. The first-order valence-electron chi connectivity index (χ1n) is 6.43. The van der Waals surface area contributed by atoms with Gasteiger partial charge in [0.25, 0.3) is 5.56 Å². The van der Waals surface area contributed by atoms with Crippen molar-refractivity contribution in [2.75, 3.05) is 0 Å². The molecule has 1 heterocycles. The van der Waals surface area contributed by atoms with Crippen molar-refractivity contribution in [2.45, 2.75) is 44.1 Å². The van der Waals surface area contributed by atoms with Gasteiger partial charge in [-0.3, -0.25) is 8.75 Å². The van der Waals surface area contributed by atoms with Crippen LogP contribution in [0.2, 0.25) is 0 Å². The summed E-state index contributed by atoms with van der Waals surface area (Å²) in [5.41, 5.74) is 0.479. The highest BCUT2D eigenvalue weighted by Crippen LogP contribution is 2.58. The third-order valence-corrected chi connectivity index (χ3v) is 6.05. The van der Waals surface area contributed by atoms with Crippen LogP contribution in [0, 0.1) is 17.8 Å². The summed E-state index contributed by atoms with van der Waals surface area (Å²) in [4.78, 5) is 11.9. The van der Waals surface area contributed by atoms with Crippen molar-refractivity contribution < 1.29 is 0 Å². The Morgan fingerprint density at radius 1 is 1.12 bits per heavy atom. The zero-order chi connectivity index (χ0) is 10.8. The van der Waals surface area contributed by atoms with E-state index in [0.29, 0.717) is 0 Å². The SMILES string of the molecule is O=c1ccsn1C12CC3CC(CC(C3)C1)C2. The molecule has 0 aliphatic heterocycles.